The Hall–Kier alpha value is -2.77. The monoisotopic (exact) mass is 451 g/mol. The number of anilines is 1. The Balaban J connectivity index is 1.65. The van der Waals surface area contributed by atoms with Crippen molar-refractivity contribution in [2.45, 2.75) is 6.42 Å². The molecule has 0 unspecified atom stereocenters. The van der Waals surface area contributed by atoms with Gasteiger partial charge < -0.3 is 19.1 Å². The Morgan fingerprint density at radius 2 is 1.87 bits per heavy atom. The lowest BCUT2D eigenvalue weighted by atomic mass is 10.1. The number of hydrogen-bond donors (Lipinski definition) is 0. The average Bonchev–Trinajstić information content (AvgIpc) is 3.12. The second kappa shape index (κ2) is 9.36. The molecule has 7 nitrogen and oxygen atoms in total. The molecule has 9 heteroatoms. The minimum atomic E-state index is -0.696. The summed E-state index contributed by atoms with van der Waals surface area (Å²) in [4.78, 5) is 38.7. The number of ketones is 1. The van der Waals surface area contributed by atoms with Crippen LogP contribution in [0.2, 0.25) is 10.0 Å². The maximum Gasteiger partial charge on any atom is 0.311 e. The van der Waals surface area contributed by atoms with E-state index >= 15 is 0 Å². The smallest absolute Gasteiger partial charge is 0.311 e. The zero-order chi connectivity index (χ0) is 21.8. The van der Waals surface area contributed by atoms with Crippen molar-refractivity contribution < 1.29 is 28.6 Å². The second-order valence-electron chi connectivity index (χ2n) is 6.60. The van der Waals surface area contributed by atoms with E-state index in [0.717, 1.165) is 0 Å². The summed E-state index contributed by atoms with van der Waals surface area (Å²) in [7, 11) is 3.01. The maximum atomic E-state index is 12.5. The molecule has 1 heterocycles. The van der Waals surface area contributed by atoms with Gasteiger partial charge >= 0.3 is 5.97 Å². The van der Waals surface area contributed by atoms with E-state index in [9.17, 15) is 14.4 Å². The molecule has 0 bridgehead atoms. The fourth-order valence-electron chi connectivity index (χ4n) is 3.15. The molecule has 0 saturated carbocycles. The normalized spacial score (nSPS) is 15.8. The molecular formula is C21H19Cl2NO6. The second-order valence-corrected chi connectivity index (χ2v) is 7.44. The van der Waals surface area contributed by atoms with Crippen LogP contribution >= 0.6 is 23.2 Å². The highest BCUT2D eigenvalue weighted by molar-refractivity contribution is 6.36. The van der Waals surface area contributed by atoms with Crippen molar-refractivity contribution in [2.75, 3.05) is 32.3 Å². The first-order chi connectivity index (χ1) is 14.3. The molecule has 0 radical (unpaired) electrons. The first kappa shape index (κ1) is 21.9. The molecule has 1 amide bonds. The predicted octanol–water partition coefficient (Wildman–Crippen LogP) is 3.79. The quantitative estimate of drug-likeness (QED) is 0.470. The van der Waals surface area contributed by atoms with Gasteiger partial charge in [0.15, 0.2) is 6.61 Å². The van der Waals surface area contributed by atoms with Gasteiger partial charge in [-0.1, -0.05) is 23.2 Å². The third-order valence-electron chi connectivity index (χ3n) is 4.71. The van der Waals surface area contributed by atoms with Crippen molar-refractivity contribution in [1.29, 1.82) is 0 Å². The summed E-state index contributed by atoms with van der Waals surface area (Å²) in [5, 5.41) is 0.574. The lowest BCUT2D eigenvalue weighted by Crippen LogP contribution is -2.27. The van der Waals surface area contributed by atoms with Gasteiger partial charge in [-0.25, -0.2) is 0 Å². The Labute approximate surface area is 183 Å². The van der Waals surface area contributed by atoms with E-state index in [2.05, 4.69) is 0 Å². The molecule has 2 aromatic rings. The lowest BCUT2D eigenvalue weighted by Gasteiger charge is -2.20. The molecule has 0 aromatic heterocycles. The Morgan fingerprint density at radius 3 is 2.53 bits per heavy atom. The van der Waals surface area contributed by atoms with E-state index in [1.807, 2.05) is 0 Å². The summed E-state index contributed by atoms with van der Waals surface area (Å²) in [5.41, 5.74) is 0.739. The van der Waals surface area contributed by atoms with Crippen molar-refractivity contribution in [1.82, 2.24) is 0 Å². The summed E-state index contributed by atoms with van der Waals surface area (Å²) in [6.45, 7) is -0.354. The number of carbonyl (C=O) groups is 3. The molecular weight excluding hydrogens is 433 g/mol. The van der Waals surface area contributed by atoms with Crippen LogP contribution in [0.25, 0.3) is 0 Å². The number of rotatable bonds is 7. The van der Waals surface area contributed by atoms with Gasteiger partial charge in [0.25, 0.3) is 0 Å². The molecule has 1 fully saturated rings. The van der Waals surface area contributed by atoms with Gasteiger partial charge in [0.2, 0.25) is 11.7 Å². The number of ether oxygens (including phenoxy) is 3. The molecule has 1 aliphatic rings. The highest BCUT2D eigenvalue weighted by Gasteiger charge is 2.37. The van der Waals surface area contributed by atoms with Crippen LogP contribution in [0.3, 0.4) is 0 Å². The molecule has 3 rings (SSSR count). The molecule has 0 spiro atoms. The number of Topliss-reactive ketones (excluding diaryl/α,β-unsaturated/α-hetero) is 1. The average molecular weight is 452 g/mol. The van der Waals surface area contributed by atoms with Crippen LogP contribution in [0.1, 0.15) is 16.8 Å². The number of esters is 1. The topological polar surface area (TPSA) is 82.1 Å². The predicted molar refractivity (Wildman–Crippen MR) is 112 cm³/mol. The number of carbonyl (C=O) groups excluding carboxylic acids is 3. The summed E-state index contributed by atoms with van der Waals surface area (Å²) in [5.74, 6) is -0.994. The van der Waals surface area contributed by atoms with E-state index < -0.39 is 24.3 Å². The minimum absolute atomic E-state index is 0.0239. The van der Waals surface area contributed by atoms with Crippen molar-refractivity contribution in [2.24, 2.45) is 5.92 Å². The Kier molecular flexibility index (Phi) is 6.84. The molecule has 30 heavy (non-hydrogen) atoms. The number of nitrogens with zero attached hydrogens (tertiary/aromatic N) is 1. The standard InChI is InChI=1S/C21H19Cl2NO6/c1-28-14-4-6-17(19(9-14)29-2)24-10-12(7-20(24)26)21(27)30-11-18(25)15-5-3-13(22)8-16(15)23/h3-6,8-9,12H,7,10-11H2,1-2H3/t12-/m1/s1. The van der Waals surface area contributed by atoms with Crippen LogP contribution in [0.5, 0.6) is 11.5 Å². The molecule has 0 aliphatic carbocycles. The van der Waals surface area contributed by atoms with Crippen LogP contribution in [0.15, 0.2) is 36.4 Å². The Morgan fingerprint density at radius 1 is 1.10 bits per heavy atom. The first-order valence-electron chi connectivity index (χ1n) is 9.01. The van der Waals surface area contributed by atoms with Crippen LogP contribution in [-0.2, 0) is 14.3 Å². The summed E-state index contributed by atoms with van der Waals surface area (Å²) < 4.78 is 15.6. The van der Waals surface area contributed by atoms with Gasteiger partial charge in [-0.3, -0.25) is 14.4 Å². The van der Waals surface area contributed by atoms with E-state index in [4.69, 9.17) is 37.4 Å². The van der Waals surface area contributed by atoms with Crippen LogP contribution < -0.4 is 14.4 Å². The van der Waals surface area contributed by atoms with Gasteiger partial charge in [0.1, 0.15) is 11.5 Å². The van der Waals surface area contributed by atoms with Gasteiger partial charge in [0, 0.05) is 29.6 Å². The van der Waals surface area contributed by atoms with Crippen molar-refractivity contribution in [3.8, 4) is 11.5 Å². The van der Waals surface area contributed by atoms with E-state index in [1.54, 1.807) is 18.2 Å². The van der Waals surface area contributed by atoms with Gasteiger partial charge in [0.05, 0.1) is 30.8 Å². The first-order valence-corrected chi connectivity index (χ1v) is 9.77. The molecule has 1 saturated heterocycles. The SMILES string of the molecule is COc1ccc(N2C[C@H](C(=O)OCC(=O)c3ccc(Cl)cc3Cl)CC2=O)c(OC)c1. The summed E-state index contributed by atoms with van der Waals surface area (Å²) in [6, 6.07) is 9.48. The van der Waals surface area contributed by atoms with Crippen molar-refractivity contribution >= 4 is 46.5 Å². The van der Waals surface area contributed by atoms with E-state index in [-0.39, 0.29) is 29.5 Å². The Bertz CT molecular complexity index is 993. The number of amides is 1. The van der Waals surface area contributed by atoms with Gasteiger partial charge in [-0.15, -0.1) is 0 Å². The lowest BCUT2D eigenvalue weighted by molar-refractivity contribution is -0.147. The number of halogens is 2. The third-order valence-corrected chi connectivity index (χ3v) is 5.26. The van der Waals surface area contributed by atoms with Gasteiger partial charge in [-0.2, -0.15) is 0 Å². The van der Waals surface area contributed by atoms with E-state index in [0.29, 0.717) is 22.2 Å². The minimum Gasteiger partial charge on any atom is -0.497 e. The highest BCUT2D eigenvalue weighted by atomic mass is 35.5. The van der Waals surface area contributed by atoms with Crippen LogP contribution in [0, 0.1) is 5.92 Å². The molecule has 158 valence electrons. The van der Waals surface area contributed by atoms with Crippen molar-refractivity contribution in [3.63, 3.8) is 0 Å². The van der Waals surface area contributed by atoms with E-state index in [1.165, 1.54) is 37.3 Å². The van der Waals surface area contributed by atoms with Gasteiger partial charge in [-0.05, 0) is 30.3 Å². The highest BCUT2D eigenvalue weighted by Crippen LogP contribution is 2.36. The molecule has 1 aliphatic heterocycles. The fourth-order valence-corrected chi connectivity index (χ4v) is 3.67. The third kappa shape index (κ3) is 4.68. The van der Waals surface area contributed by atoms with Crippen molar-refractivity contribution in [3.05, 3.63) is 52.0 Å². The zero-order valence-corrected chi connectivity index (χ0v) is 17.8. The number of benzene rings is 2. The summed E-state index contributed by atoms with van der Waals surface area (Å²) in [6.07, 6.45) is -0.0239. The molecule has 1 atom stereocenters. The largest absolute Gasteiger partial charge is 0.497 e. The summed E-state index contributed by atoms with van der Waals surface area (Å²) >= 11 is 11.8. The maximum absolute atomic E-state index is 12.5. The molecule has 0 N–H and O–H groups in total. The number of hydrogen-bond acceptors (Lipinski definition) is 6. The number of methoxy groups -OCH3 is 2. The fraction of sp³-hybridized carbons (Fsp3) is 0.286. The van der Waals surface area contributed by atoms with Crippen LogP contribution in [0.4, 0.5) is 5.69 Å². The zero-order valence-electron chi connectivity index (χ0n) is 16.3. The van der Waals surface area contributed by atoms with Crippen LogP contribution in [-0.4, -0.2) is 45.0 Å². The molecule has 2 aromatic carbocycles.